The minimum atomic E-state index is -4.51. The Morgan fingerprint density at radius 3 is 2.38 bits per heavy atom. The SMILES string of the molecule is CC[C@@H](C)c1ccc(NC(=O)COC(=O)COc2cccc(C(F)(F)F)c2)cc1. The summed E-state index contributed by atoms with van der Waals surface area (Å²) in [5.41, 5.74) is 0.837. The lowest BCUT2D eigenvalue weighted by Crippen LogP contribution is -2.23. The Morgan fingerprint density at radius 1 is 1.07 bits per heavy atom. The zero-order valence-corrected chi connectivity index (χ0v) is 16.1. The molecule has 0 fully saturated rings. The molecule has 1 N–H and O–H groups in total. The fraction of sp³-hybridized carbons (Fsp3) is 0.333. The van der Waals surface area contributed by atoms with E-state index in [1.807, 2.05) is 12.1 Å². The molecule has 0 unspecified atom stereocenters. The Balaban J connectivity index is 1.77. The molecule has 2 aromatic rings. The first-order valence-corrected chi connectivity index (χ1v) is 9.04. The number of esters is 1. The molecule has 1 amide bonds. The van der Waals surface area contributed by atoms with Crippen LogP contribution in [0.2, 0.25) is 0 Å². The normalized spacial score (nSPS) is 12.2. The molecule has 29 heavy (non-hydrogen) atoms. The first-order chi connectivity index (χ1) is 13.7. The van der Waals surface area contributed by atoms with Crippen molar-refractivity contribution in [1.82, 2.24) is 0 Å². The van der Waals surface area contributed by atoms with E-state index in [0.717, 1.165) is 24.1 Å². The molecule has 0 saturated carbocycles. The molecule has 0 spiro atoms. The maximum Gasteiger partial charge on any atom is 0.416 e. The molecule has 1 atom stereocenters. The van der Waals surface area contributed by atoms with Gasteiger partial charge >= 0.3 is 12.1 Å². The number of alkyl halides is 3. The van der Waals surface area contributed by atoms with Crippen LogP contribution in [0.25, 0.3) is 0 Å². The Kier molecular flexibility index (Phi) is 7.64. The van der Waals surface area contributed by atoms with Gasteiger partial charge in [0.25, 0.3) is 5.91 Å². The molecule has 5 nitrogen and oxygen atoms in total. The second-order valence-electron chi connectivity index (χ2n) is 6.45. The van der Waals surface area contributed by atoms with Gasteiger partial charge in [-0.2, -0.15) is 13.2 Å². The van der Waals surface area contributed by atoms with Gasteiger partial charge in [0.1, 0.15) is 5.75 Å². The number of nitrogens with one attached hydrogen (secondary N) is 1. The molecule has 0 aliphatic carbocycles. The fourth-order valence-electron chi connectivity index (χ4n) is 2.42. The minimum absolute atomic E-state index is 0.123. The first kappa shape index (κ1) is 22.3. The van der Waals surface area contributed by atoms with Crippen molar-refractivity contribution in [2.75, 3.05) is 18.5 Å². The predicted octanol–water partition coefficient (Wildman–Crippen LogP) is 4.78. The summed E-state index contributed by atoms with van der Waals surface area (Å²) < 4.78 is 47.7. The van der Waals surface area contributed by atoms with E-state index < -0.39 is 36.8 Å². The average Bonchev–Trinajstić information content (AvgIpc) is 2.70. The van der Waals surface area contributed by atoms with Crippen LogP contribution in [0.1, 0.15) is 37.3 Å². The van der Waals surface area contributed by atoms with E-state index in [2.05, 4.69) is 19.2 Å². The van der Waals surface area contributed by atoms with E-state index in [9.17, 15) is 22.8 Å². The van der Waals surface area contributed by atoms with E-state index in [1.165, 1.54) is 12.1 Å². The van der Waals surface area contributed by atoms with E-state index in [1.54, 1.807) is 12.1 Å². The Hall–Kier alpha value is -3.03. The molecule has 0 heterocycles. The summed E-state index contributed by atoms with van der Waals surface area (Å²) in [5.74, 6) is -1.11. The standard InChI is InChI=1S/C21H22F3NO4/c1-3-14(2)15-7-9-17(10-8-15)25-19(26)12-29-20(27)13-28-18-6-4-5-16(11-18)21(22,23)24/h4-11,14H,3,12-13H2,1-2H3,(H,25,26)/t14-/m1/s1. The second kappa shape index (κ2) is 9.95. The van der Waals surface area contributed by atoms with Crippen LogP contribution < -0.4 is 10.1 Å². The second-order valence-corrected chi connectivity index (χ2v) is 6.45. The van der Waals surface area contributed by atoms with Gasteiger partial charge in [-0.3, -0.25) is 4.79 Å². The third-order valence-corrected chi connectivity index (χ3v) is 4.26. The van der Waals surface area contributed by atoms with Gasteiger partial charge < -0.3 is 14.8 Å². The van der Waals surface area contributed by atoms with E-state index >= 15 is 0 Å². The number of hydrogen-bond donors (Lipinski definition) is 1. The molecule has 0 aliphatic rings. The van der Waals surface area contributed by atoms with Crippen molar-refractivity contribution in [2.24, 2.45) is 0 Å². The van der Waals surface area contributed by atoms with Crippen LogP contribution in [0.4, 0.5) is 18.9 Å². The van der Waals surface area contributed by atoms with Crippen molar-refractivity contribution in [3.63, 3.8) is 0 Å². The lowest BCUT2D eigenvalue weighted by molar-refractivity contribution is -0.149. The van der Waals surface area contributed by atoms with Gasteiger partial charge in [-0.25, -0.2) is 4.79 Å². The van der Waals surface area contributed by atoms with Crippen molar-refractivity contribution >= 4 is 17.6 Å². The van der Waals surface area contributed by atoms with Gasteiger partial charge in [0.15, 0.2) is 13.2 Å². The largest absolute Gasteiger partial charge is 0.482 e. The molecule has 0 saturated heterocycles. The molecule has 8 heteroatoms. The molecule has 0 bridgehead atoms. The number of hydrogen-bond acceptors (Lipinski definition) is 4. The number of carbonyl (C=O) groups excluding carboxylic acids is 2. The highest BCUT2D eigenvalue weighted by Gasteiger charge is 2.30. The molecule has 0 aromatic heterocycles. The predicted molar refractivity (Wildman–Crippen MR) is 102 cm³/mol. The molecule has 2 rings (SSSR count). The van der Waals surface area contributed by atoms with Crippen molar-refractivity contribution in [3.8, 4) is 5.75 Å². The van der Waals surface area contributed by atoms with Crippen LogP contribution in [0.15, 0.2) is 48.5 Å². The minimum Gasteiger partial charge on any atom is -0.482 e. The summed E-state index contributed by atoms with van der Waals surface area (Å²) in [6.07, 6.45) is -3.50. The van der Waals surface area contributed by atoms with Crippen molar-refractivity contribution < 1.29 is 32.2 Å². The van der Waals surface area contributed by atoms with Crippen molar-refractivity contribution in [3.05, 3.63) is 59.7 Å². The maximum absolute atomic E-state index is 12.6. The molecular weight excluding hydrogens is 387 g/mol. The van der Waals surface area contributed by atoms with Crippen molar-refractivity contribution in [1.29, 1.82) is 0 Å². The number of rotatable bonds is 8. The molecule has 2 aromatic carbocycles. The fourth-order valence-corrected chi connectivity index (χ4v) is 2.42. The van der Waals surface area contributed by atoms with E-state index in [0.29, 0.717) is 11.6 Å². The summed E-state index contributed by atoms with van der Waals surface area (Å²) >= 11 is 0. The van der Waals surface area contributed by atoms with Crippen LogP contribution in [-0.2, 0) is 20.5 Å². The van der Waals surface area contributed by atoms with E-state index in [-0.39, 0.29) is 5.75 Å². The summed E-state index contributed by atoms with van der Waals surface area (Å²) in [7, 11) is 0. The molecular formula is C21H22F3NO4. The van der Waals surface area contributed by atoms with Crippen LogP contribution in [0.3, 0.4) is 0 Å². The van der Waals surface area contributed by atoms with Gasteiger partial charge in [0, 0.05) is 5.69 Å². The highest BCUT2D eigenvalue weighted by atomic mass is 19.4. The number of ether oxygens (including phenoxy) is 2. The summed E-state index contributed by atoms with van der Waals surface area (Å²) in [4.78, 5) is 23.5. The topological polar surface area (TPSA) is 64.6 Å². The van der Waals surface area contributed by atoms with Gasteiger partial charge in [0.2, 0.25) is 0 Å². The zero-order valence-electron chi connectivity index (χ0n) is 16.1. The van der Waals surface area contributed by atoms with Crippen LogP contribution in [0, 0.1) is 0 Å². The zero-order chi connectivity index (χ0) is 21.4. The van der Waals surface area contributed by atoms with Gasteiger partial charge in [-0.1, -0.05) is 32.0 Å². The third kappa shape index (κ3) is 7.14. The third-order valence-electron chi connectivity index (χ3n) is 4.26. The Labute approximate surface area is 166 Å². The summed E-state index contributed by atoms with van der Waals surface area (Å²) in [6, 6.07) is 11.5. The quantitative estimate of drug-likeness (QED) is 0.638. The summed E-state index contributed by atoms with van der Waals surface area (Å²) in [6.45, 7) is 3.05. The van der Waals surface area contributed by atoms with Gasteiger partial charge in [-0.05, 0) is 48.2 Å². The first-order valence-electron chi connectivity index (χ1n) is 9.04. The van der Waals surface area contributed by atoms with Crippen LogP contribution >= 0.6 is 0 Å². The summed E-state index contributed by atoms with van der Waals surface area (Å²) in [5, 5.41) is 2.60. The highest BCUT2D eigenvalue weighted by molar-refractivity contribution is 5.92. The number of halogens is 3. The smallest absolute Gasteiger partial charge is 0.416 e. The number of anilines is 1. The van der Waals surface area contributed by atoms with Crippen LogP contribution in [0.5, 0.6) is 5.75 Å². The van der Waals surface area contributed by atoms with Crippen molar-refractivity contribution in [2.45, 2.75) is 32.4 Å². The molecule has 156 valence electrons. The number of benzene rings is 2. The monoisotopic (exact) mass is 409 g/mol. The molecule has 0 radical (unpaired) electrons. The number of amides is 1. The van der Waals surface area contributed by atoms with Crippen LogP contribution in [-0.4, -0.2) is 25.1 Å². The average molecular weight is 409 g/mol. The lowest BCUT2D eigenvalue weighted by Gasteiger charge is -2.11. The maximum atomic E-state index is 12.6. The Morgan fingerprint density at radius 2 is 1.76 bits per heavy atom. The van der Waals surface area contributed by atoms with Gasteiger partial charge in [-0.15, -0.1) is 0 Å². The van der Waals surface area contributed by atoms with Gasteiger partial charge in [0.05, 0.1) is 5.56 Å². The Bertz CT molecular complexity index is 835. The molecule has 0 aliphatic heterocycles. The lowest BCUT2D eigenvalue weighted by atomic mass is 9.99. The number of carbonyl (C=O) groups is 2. The highest BCUT2D eigenvalue weighted by Crippen LogP contribution is 2.31. The van der Waals surface area contributed by atoms with E-state index in [4.69, 9.17) is 9.47 Å².